The quantitative estimate of drug-likeness (QED) is 0.129. The molecule has 0 unspecified atom stereocenters. The third-order valence-corrected chi connectivity index (χ3v) is 12.5. The standard InChI is InChI=1S/C39H29BrN2.C12H17BO3/c40-25-7-8-27-15-24-39-35(26-27)34-11-3-6-14-38(34)42(39)31-22-18-29(19-23-31)28-16-20-30(21-17-28)41-36-12-4-1-9-32(36)33-10-2-5-13-37(33)41;1-11(2)12(3,4)16-13(15-11)9-5-7-10(14)8-6-9/h1-6,9-24,26H,7-8,25H2;5-8,14H,1-4H3. The summed E-state index contributed by atoms with van der Waals surface area (Å²) in [6.07, 6.45) is 2.23. The normalized spacial score (nSPS) is 14.7. The van der Waals surface area contributed by atoms with Gasteiger partial charge in [-0.2, -0.15) is 0 Å². The molecular formula is C51H46BBrN2O3. The number of aromatic hydroxyl groups is 1. The van der Waals surface area contributed by atoms with E-state index in [4.69, 9.17) is 9.31 Å². The van der Waals surface area contributed by atoms with Crippen LogP contribution in [0.4, 0.5) is 0 Å². The Hall–Kier alpha value is -5.60. The zero-order valence-electron chi connectivity index (χ0n) is 33.3. The highest BCUT2D eigenvalue weighted by atomic mass is 79.9. The first kappa shape index (κ1) is 38.0. The Bertz CT molecular complexity index is 2820. The Balaban J connectivity index is 0.000000229. The van der Waals surface area contributed by atoms with E-state index >= 15 is 0 Å². The zero-order valence-corrected chi connectivity index (χ0v) is 34.9. The van der Waals surface area contributed by atoms with E-state index < -0.39 is 0 Å². The number of aromatic nitrogens is 2. The maximum Gasteiger partial charge on any atom is 0.494 e. The van der Waals surface area contributed by atoms with Gasteiger partial charge in [0.1, 0.15) is 5.75 Å². The predicted octanol–water partition coefficient (Wildman–Crippen LogP) is 12.6. The number of halogens is 1. The molecule has 0 amide bonds. The van der Waals surface area contributed by atoms with E-state index in [1.165, 1.54) is 71.7 Å². The molecule has 2 aromatic heterocycles. The van der Waals surface area contributed by atoms with Crippen molar-refractivity contribution in [3.05, 3.63) is 169 Å². The molecule has 0 aliphatic carbocycles. The third kappa shape index (κ3) is 6.91. The number of hydrogen-bond donors (Lipinski definition) is 1. The molecule has 0 atom stereocenters. The molecule has 1 fully saturated rings. The van der Waals surface area contributed by atoms with Crippen LogP contribution >= 0.6 is 15.9 Å². The smallest absolute Gasteiger partial charge is 0.494 e. The minimum atomic E-state index is -0.356. The summed E-state index contributed by atoms with van der Waals surface area (Å²) in [4.78, 5) is 0. The first-order chi connectivity index (χ1) is 28.1. The molecule has 288 valence electrons. The van der Waals surface area contributed by atoms with E-state index in [2.05, 4.69) is 165 Å². The molecule has 5 nitrogen and oxygen atoms in total. The first-order valence-electron chi connectivity index (χ1n) is 20.0. The van der Waals surface area contributed by atoms with Crippen LogP contribution in [-0.2, 0) is 15.7 Å². The largest absolute Gasteiger partial charge is 0.508 e. The molecule has 0 saturated carbocycles. The van der Waals surface area contributed by atoms with Gasteiger partial charge in [-0.1, -0.05) is 113 Å². The molecule has 9 aromatic rings. The second-order valence-corrected chi connectivity index (χ2v) is 16.9. The molecule has 3 heterocycles. The second-order valence-electron chi connectivity index (χ2n) is 16.1. The van der Waals surface area contributed by atoms with Crippen LogP contribution in [0.3, 0.4) is 0 Å². The molecule has 1 N–H and O–H groups in total. The highest BCUT2D eigenvalue weighted by Gasteiger charge is 2.51. The van der Waals surface area contributed by atoms with Crippen molar-refractivity contribution in [3.8, 4) is 28.3 Å². The highest BCUT2D eigenvalue weighted by Crippen LogP contribution is 2.37. The summed E-state index contributed by atoms with van der Waals surface area (Å²) >= 11 is 3.58. The molecule has 0 bridgehead atoms. The first-order valence-corrected chi connectivity index (χ1v) is 21.2. The van der Waals surface area contributed by atoms with Crippen LogP contribution in [0, 0.1) is 0 Å². The van der Waals surface area contributed by atoms with Gasteiger partial charge < -0.3 is 23.5 Å². The summed E-state index contributed by atoms with van der Waals surface area (Å²) in [6.45, 7) is 8.08. The van der Waals surface area contributed by atoms with Gasteiger partial charge in [0.2, 0.25) is 0 Å². The summed E-state index contributed by atoms with van der Waals surface area (Å²) in [5.74, 6) is 0.250. The number of phenols is 1. The van der Waals surface area contributed by atoms with Crippen LogP contribution < -0.4 is 5.46 Å². The van der Waals surface area contributed by atoms with Crippen molar-refractivity contribution in [2.24, 2.45) is 0 Å². The van der Waals surface area contributed by atoms with E-state index in [-0.39, 0.29) is 24.1 Å². The van der Waals surface area contributed by atoms with E-state index in [0.29, 0.717) is 0 Å². The van der Waals surface area contributed by atoms with Crippen molar-refractivity contribution in [1.29, 1.82) is 0 Å². The van der Waals surface area contributed by atoms with E-state index in [0.717, 1.165) is 23.6 Å². The predicted molar refractivity (Wildman–Crippen MR) is 246 cm³/mol. The molecule has 1 aliphatic heterocycles. The average molecular weight is 826 g/mol. The van der Waals surface area contributed by atoms with Crippen molar-refractivity contribution in [3.63, 3.8) is 0 Å². The second kappa shape index (κ2) is 15.3. The maximum absolute atomic E-state index is 9.22. The Kier molecular flexibility index (Phi) is 10.0. The van der Waals surface area contributed by atoms with Gasteiger partial charge in [0.15, 0.2) is 0 Å². The minimum Gasteiger partial charge on any atom is -0.508 e. The van der Waals surface area contributed by atoms with Crippen LogP contribution in [0.2, 0.25) is 0 Å². The Morgan fingerprint density at radius 3 is 1.41 bits per heavy atom. The average Bonchev–Trinajstić information content (AvgIpc) is 3.83. The van der Waals surface area contributed by atoms with Gasteiger partial charge in [-0.3, -0.25) is 0 Å². The van der Waals surface area contributed by atoms with Crippen molar-refractivity contribution in [2.45, 2.75) is 51.7 Å². The minimum absolute atomic E-state index is 0.250. The molecule has 0 spiro atoms. The molecule has 7 aromatic carbocycles. The zero-order chi connectivity index (χ0) is 40.0. The number of hydrogen-bond acceptors (Lipinski definition) is 3. The van der Waals surface area contributed by atoms with E-state index in [1.54, 1.807) is 12.1 Å². The number of alkyl halides is 1. The monoisotopic (exact) mass is 824 g/mol. The molecule has 58 heavy (non-hydrogen) atoms. The summed E-state index contributed by atoms with van der Waals surface area (Å²) in [5, 5.41) is 15.4. The van der Waals surface area contributed by atoms with Crippen LogP contribution in [0.15, 0.2) is 164 Å². The van der Waals surface area contributed by atoms with Crippen LogP contribution in [0.1, 0.15) is 39.7 Å². The number of fused-ring (bicyclic) bond motifs is 6. The van der Waals surface area contributed by atoms with E-state index in [1.807, 2.05) is 39.8 Å². The van der Waals surface area contributed by atoms with Gasteiger partial charge in [-0.15, -0.1) is 0 Å². The van der Waals surface area contributed by atoms with Crippen LogP contribution in [0.25, 0.3) is 66.1 Å². The van der Waals surface area contributed by atoms with Crippen molar-refractivity contribution >= 4 is 72.1 Å². The van der Waals surface area contributed by atoms with E-state index in [9.17, 15) is 5.11 Å². The van der Waals surface area contributed by atoms with Gasteiger partial charge in [-0.05, 0) is 129 Å². The summed E-state index contributed by atoms with van der Waals surface area (Å²) < 4.78 is 16.5. The van der Waals surface area contributed by atoms with Crippen LogP contribution in [0.5, 0.6) is 5.75 Å². The van der Waals surface area contributed by atoms with Gasteiger partial charge in [0, 0.05) is 38.2 Å². The summed E-state index contributed by atoms with van der Waals surface area (Å²) in [5.41, 5.74) is 11.4. The Morgan fingerprint density at radius 2 is 0.948 bits per heavy atom. The fourth-order valence-electron chi connectivity index (χ4n) is 8.14. The number of benzene rings is 7. The van der Waals surface area contributed by atoms with Crippen LogP contribution in [-0.4, -0.2) is 37.9 Å². The van der Waals surface area contributed by atoms with Crippen molar-refractivity contribution < 1.29 is 14.4 Å². The highest BCUT2D eigenvalue weighted by molar-refractivity contribution is 9.09. The number of nitrogens with zero attached hydrogens (tertiary/aromatic N) is 2. The van der Waals surface area contributed by atoms with Crippen molar-refractivity contribution in [1.82, 2.24) is 9.13 Å². The molecule has 0 radical (unpaired) electrons. The number of aryl methyl sites for hydroxylation is 1. The summed E-state index contributed by atoms with van der Waals surface area (Å²) in [7, 11) is -0.356. The number of para-hydroxylation sites is 3. The van der Waals surface area contributed by atoms with Gasteiger partial charge >= 0.3 is 7.12 Å². The molecular weight excluding hydrogens is 779 g/mol. The molecule has 1 aliphatic rings. The third-order valence-electron chi connectivity index (χ3n) is 11.9. The lowest BCUT2D eigenvalue weighted by molar-refractivity contribution is 0.00578. The van der Waals surface area contributed by atoms with Crippen molar-refractivity contribution in [2.75, 3.05) is 5.33 Å². The Morgan fingerprint density at radius 1 is 0.517 bits per heavy atom. The number of phenolic OH excluding ortho intramolecular Hbond substituents is 1. The molecule has 10 rings (SSSR count). The fourth-order valence-corrected chi connectivity index (χ4v) is 8.42. The lowest BCUT2D eigenvalue weighted by Gasteiger charge is -2.32. The fraction of sp³-hybridized carbons (Fsp3) is 0.176. The number of rotatable bonds is 7. The molecule has 7 heteroatoms. The topological polar surface area (TPSA) is 48.5 Å². The van der Waals surface area contributed by atoms with Gasteiger partial charge in [0.25, 0.3) is 0 Å². The SMILES string of the molecule is BrCCCc1ccc2c(c1)c1ccccc1n2-c1ccc(-c2ccc(-n3c4ccccc4c4ccccc43)cc2)cc1.CC1(C)OB(c2ccc(O)cc2)OC1(C)C. The van der Waals surface area contributed by atoms with Gasteiger partial charge in [0.05, 0.1) is 33.3 Å². The summed E-state index contributed by atoms with van der Waals surface area (Å²) in [6, 6.07) is 57.9. The lowest BCUT2D eigenvalue weighted by atomic mass is 9.79. The lowest BCUT2D eigenvalue weighted by Crippen LogP contribution is -2.41. The molecule has 1 saturated heterocycles. The Labute approximate surface area is 348 Å². The van der Waals surface area contributed by atoms with Gasteiger partial charge in [-0.25, -0.2) is 0 Å². The maximum atomic E-state index is 9.22.